The van der Waals surface area contributed by atoms with Gasteiger partial charge in [0, 0.05) is 18.2 Å². The number of allylic oxidation sites excluding steroid dienone is 1. The fourth-order valence-corrected chi connectivity index (χ4v) is 4.47. The summed E-state index contributed by atoms with van der Waals surface area (Å²) in [6.45, 7) is 7.38. The highest BCUT2D eigenvalue weighted by atomic mass is 32.2. The molecule has 1 heterocycles. The van der Waals surface area contributed by atoms with Crippen molar-refractivity contribution in [3.8, 4) is 0 Å². The number of aryl methyl sites for hydroxylation is 1. The standard InChI is InChI=1S/C16H22N2O4S/c1-5-22-15-11(3)14(12(4)17-16(19)18-15)23(20,21)13-8-6-10(2)7-9-13/h6-9,11,15H,5H2,1-4H3,(H2,17,18,19)/t11-,15+/m1/s1. The van der Waals surface area contributed by atoms with Crippen molar-refractivity contribution in [2.75, 3.05) is 6.61 Å². The predicted molar refractivity (Wildman–Crippen MR) is 87.3 cm³/mol. The summed E-state index contributed by atoms with van der Waals surface area (Å²) in [4.78, 5) is 12.2. The van der Waals surface area contributed by atoms with Gasteiger partial charge in [0.15, 0.2) is 0 Å². The molecule has 6 nitrogen and oxygen atoms in total. The third-order valence-electron chi connectivity index (χ3n) is 3.78. The Labute approximate surface area is 136 Å². The van der Waals surface area contributed by atoms with Crippen LogP contribution in [0.2, 0.25) is 0 Å². The first-order valence-electron chi connectivity index (χ1n) is 7.49. The molecule has 7 heteroatoms. The number of hydrogen-bond acceptors (Lipinski definition) is 4. The summed E-state index contributed by atoms with van der Waals surface area (Å²) < 4.78 is 31.6. The van der Waals surface area contributed by atoms with Gasteiger partial charge in [0.05, 0.1) is 9.80 Å². The summed E-state index contributed by atoms with van der Waals surface area (Å²) in [5, 5.41) is 5.21. The Bertz CT molecular complexity index is 723. The number of urea groups is 1. The summed E-state index contributed by atoms with van der Waals surface area (Å²) >= 11 is 0. The number of carbonyl (C=O) groups excluding carboxylic acids is 1. The largest absolute Gasteiger partial charge is 0.358 e. The van der Waals surface area contributed by atoms with Crippen molar-refractivity contribution in [1.82, 2.24) is 10.6 Å². The van der Waals surface area contributed by atoms with Crippen LogP contribution in [-0.4, -0.2) is 27.3 Å². The molecule has 1 aliphatic heterocycles. The second-order valence-corrected chi connectivity index (χ2v) is 7.49. The highest BCUT2D eigenvalue weighted by Crippen LogP contribution is 2.31. The average molecular weight is 338 g/mol. The molecule has 1 aromatic carbocycles. The summed E-state index contributed by atoms with van der Waals surface area (Å²) in [7, 11) is -3.73. The van der Waals surface area contributed by atoms with E-state index < -0.39 is 28.0 Å². The number of hydrogen-bond donors (Lipinski definition) is 2. The maximum absolute atomic E-state index is 13.0. The number of nitrogens with one attached hydrogen (secondary N) is 2. The number of rotatable bonds is 4. The number of amides is 2. The van der Waals surface area contributed by atoms with Crippen LogP contribution in [0.1, 0.15) is 26.3 Å². The van der Waals surface area contributed by atoms with Crippen molar-refractivity contribution < 1.29 is 17.9 Å². The molecule has 0 unspecified atom stereocenters. The van der Waals surface area contributed by atoms with Crippen molar-refractivity contribution in [2.45, 2.75) is 38.8 Å². The minimum Gasteiger partial charge on any atom is -0.358 e. The summed E-state index contributed by atoms with van der Waals surface area (Å²) in [6, 6.07) is 6.19. The van der Waals surface area contributed by atoms with Crippen LogP contribution in [0.4, 0.5) is 4.79 Å². The molecule has 1 aromatic rings. The Morgan fingerprint density at radius 2 is 1.78 bits per heavy atom. The van der Waals surface area contributed by atoms with E-state index >= 15 is 0 Å². The van der Waals surface area contributed by atoms with E-state index in [2.05, 4.69) is 10.6 Å². The molecule has 0 bridgehead atoms. The Kier molecular flexibility index (Phi) is 5.11. The first-order chi connectivity index (χ1) is 10.8. The molecule has 0 fully saturated rings. The SMILES string of the molecule is CCO[C@@H]1NC(=O)NC(C)=C(S(=O)(=O)c2ccc(C)cc2)[C@H]1C. The topological polar surface area (TPSA) is 84.5 Å². The zero-order chi connectivity index (χ0) is 17.2. The van der Waals surface area contributed by atoms with Gasteiger partial charge in [0.1, 0.15) is 6.23 Å². The Morgan fingerprint density at radius 3 is 2.35 bits per heavy atom. The van der Waals surface area contributed by atoms with Crippen molar-refractivity contribution in [1.29, 1.82) is 0 Å². The van der Waals surface area contributed by atoms with Gasteiger partial charge in [0.2, 0.25) is 9.84 Å². The molecule has 0 spiro atoms. The van der Waals surface area contributed by atoms with Crippen LogP contribution in [0.3, 0.4) is 0 Å². The predicted octanol–water partition coefficient (Wildman–Crippen LogP) is 2.31. The van der Waals surface area contributed by atoms with Gasteiger partial charge in [-0.3, -0.25) is 0 Å². The van der Waals surface area contributed by atoms with E-state index in [1.54, 1.807) is 45.0 Å². The molecule has 2 N–H and O–H groups in total. The third-order valence-corrected chi connectivity index (χ3v) is 5.93. The van der Waals surface area contributed by atoms with Crippen LogP contribution in [0.25, 0.3) is 0 Å². The zero-order valence-corrected chi connectivity index (χ0v) is 14.5. The fourth-order valence-electron chi connectivity index (χ4n) is 2.66. The van der Waals surface area contributed by atoms with E-state index in [0.717, 1.165) is 5.56 Å². The first-order valence-corrected chi connectivity index (χ1v) is 8.97. The van der Waals surface area contributed by atoms with E-state index in [0.29, 0.717) is 12.3 Å². The Balaban J connectivity index is 2.53. The molecule has 126 valence electrons. The quantitative estimate of drug-likeness (QED) is 0.882. The van der Waals surface area contributed by atoms with E-state index in [1.165, 1.54) is 0 Å². The lowest BCUT2D eigenvalue weighted by Gasteiger charge is -2.24. The molecule has 23 heavy (non-hydrogen) atoms. The lowest BCUT2D eigenvalue weighted by Crippen LogP contribution is -2.43. The monoisotopic (exact) mass is 338 g/mol. The minimum atomic E-state index is -3.73. The van der Waals surface area contributed by atoms with Crippen molar-refractivity contribution in [2.24, 2.45) is 5.92 Å². The number of benzene rings is 1. The molecule has 0 aliphatic carbocycles. The van der Waals surface area contributed by atoms with Crippen LogP contribution >= 0.6 is 0 Å². The maximum Gasteiger partial charge on any atom is 0.321 e. The lowest BCUT2D eigenvalue weighted by molar-refractivity contribution is 0.0226. The summed E-state index contributed by atoms with van der Waals surface area (Å²) in [6.07, 6.45) is -0.701. The second-order valence-electron chi connectivity index (χ2n) is 5.57. The van der Waals surface area contributed by atoms with E-state index in [9.17, 15) is 13.2 Å². The van der Waals surface area contributed by atoms with E-state index in [4.69, 9.17) is 4.74 Å². The van der Waals surface area contributed by atoms with E-state index in [1.807, 2.05) is 6.92 Å². The maximum atomic E-state index is 13.0. The highest BCUT2D eigenvalue weighted by molar-refractivity contribution is 7.95. The average Bonchev–Trinajstić information content (AvgIpc) is 2.56. The minimum absolute atomic E-state index is 0.165. The molecular weight excluding hydrogens is 316 g/mol. The van der Waals surface area contributed by atoms with E-state index in [-0.39, 0.29) is 9.80 Å². The van der Waals surface area contributed by atoms with Gasteiger partial charge in [-0.05, 0) is 32.9 Å². The molecule has 0 aromatic heterocycles. The Morgan fingerprint density at radius 1 is 1.17 bits per heavy atom. The second kappa shape index (κ2) is 6.72. The highest BCUT2D eigenvalue weighted by Gasteiger charge is 2.36. The molecule has 1 aliphatic rings. The normalized spacial score (nSPS) is 22.3. The molecule has 0 saturated carbocycles. The molecule has 0 saturated heterocycles. The van der Waals surface area contributed by atoms with Gasteiger partial charge in [-0.2, -0.15) is 0 Å². The first kappa shape index (κ1) is 17.5. The van der Waals surface area contributed by atoms with Gasteiger partial charge in [-0.1, -0.05) is 24.6 Å². The Hall–Kier alpha value is -1.86. The van der Waals surface area contributed by atoms with Crippen molar-refractivity contribution in [3.05, 3.63) is 40.4 Å². The van der Waals surface area contributed by atoms with Gasteiger partial charge >= 0.3 is 6.03 Å². The number of sulfone groups is 1. The molecule has 0 radical (unpaired) electrons. The van der Waals surface area contributed by atoms with Crippen LogP contribution in [0, 0.1) is 12.8 Å². The van der Waals surface area contributed by atoms with Gasteiger partial charge in [-0.15, -0.1) is 0 Å². The molecular formula is C16H22N2O4S. The summed E-state index contributed by atoms with van der Waals surface area (Å²) in [5.74, 6) is -0.514. The summed E-state index contributed by atoms with van der Waals surface area (Å²) in [5.41, 5.74) is 1.29. The smallest absolute Gasteiger partial charge is 0.321 e. The van der Waals surface area contributed by atoms with Crippen LogP contribution in [-0.2, 0) is 14.6 Å². The van der Waals surface area contributed by atoms with Crippen LogP contribution in [0.5, 0.6) is 0 Å². The number of ether oxygens (including phenoxy) is 1. The lowest BCUT2D eigenvalue weighted by atomic mass is 10.1. The van der Waals surface area contributed by atoms with Crippen LogP contribution < -0.4 is 10.6 Å². The van der Waals surface area contributed by atoms with Gasteiger partial charge in [0.25, 0.3) is 0 Å². The number of carbonyl (C=O) groups is 1. The molecule has 2 rings (SSSR count). The molecule has 2 atom stereocenters. The van der Waals surface area contributed by atoms with Gasteiger partial charge in [-0.25, -0.2) is 13.2 Å². The molecule has 2 amide bonds. The van der Waals surface area contributed by atoms with Crippen molar-refractivity contribution in [3.63, 3.8) is 0 Å². The third kappa shape index (κ3) is 3.56. The van der Waals surface area contributed by atoms with Crippen molar-refractivity contribution >= 4 is 15.9 Å². The fraction of sp³-hybridized carbons (Fsp3) is 0.438. The zero-order valence-electron chi connectivity index (χ0n) is 13.7. The van der Waals surface area contributed by atoms with Gasteiger partial charge < -0.3 is 15.4 Å². The van der Waals surface area contributed by atoms with Crippen LogP contribution in [0.15, 0.2) is 39.8 Å².